The lowest BCUT2D eigenvalue weighted by atomic mass is 9.89. The molecule has 3 unspecified atom stereocenters. The van der Waals surface area contributed by atoms with Crippen LogP contribution in [-0.4, -0.2) is 57.3 Å². The highest BCUT2D eigenvalue weighted by atomic mass is 35.5. The summed E-state index contributed by atoms with van der Waals surface area (Å²) in [5.74, 6) is -0.644. The number of rotatable bonds is 7. The molecule has 41 heavy (non-hydrogen) atoms. The van der Waals surface area contributed by atoms with E-state index in [0.29, 0.717) is 43.1 Å². The monoisotopic (exact) mass is 581 g/mol. The molecule has 3 aliphatic heterocycles. The number of ether oxygens (including phenoxy) is 2. The van der Waals surface area contributed by atoms with Crippen LogP contribution < -0.4 is 10.1 Å². The number of fused-ring (bicyclic) bond motifs is 2. The van der Waals surface area contributed by atoms with Crippen LogP contribution in [0.3, 0.4) is 0 Å². The van der Waals surface area contributed by atoms with E-state index in [1.165, 1.54) is 13.2 Å². The Morgan fingerprint density at radius 2 is 1.95 bits per heavy atom. The van der Waals surface area contributed by atoms with Gasteiger partial charge in [0.25, 0.3) is 5.91 Å². The maximum absolute atomic E-state index is 15.0. The van der Waals surface area contributed by atoms with Crippen LogP contribution in [0, 0.1) is 11.7 Å². The molecule has 216 valence electrons. The van der Waals surface area contributed by atoms with Gasteiger partial charge in [0.2, 0.25) is 11.8 Å². The molecule has 3 fully saturated rings. The molecule has 1 N–H and O–H groups in total. The van der Waals surface area contributed by atoms with Gasteiger partial charge in [0.05, 0.1) is 19.0 Å². The second-order valence-electron chi connectivity index (χ2n) is 11.0. The first-order chi connectivity index (χ1) is 19.9. The fourth-order valence-electron chi connectivity index (χ4n) is 6.40. The number of hydrogen-bond donors (Lipinski definition) is 1. The number of hydrogen-bond acceptors (Lipinski definition) is 6. The number of piperidine rings is 1. The molecule has 0 aliphatic carbocycles. The van der Waals surface area contributed by atoms with E-state index in [2.05, 4.69) is 15.4 Å². The lowest BCUT2D eigenvalue weighted by Crippen LogP contribution is -2.49. The van der Waals surface area contributed by atoms with E-state index < -0.39 is 12.0 Å². The largest absolute Gasteiger partial charge is 0.481 e. The van der Waals surface area contributed by atoms with Crippen LogP contribution in [0.5, 0.6) is 5.88 Å². The van der Waals surface area contributed by atoms with Gasteiger partial charge in [-0.15, -0.1) is 0 Å². The fourth-order valence-corrected chi connectivity index (χ4v) is 6.61. The molecular weight excluding hydrogens is 549 g/mol. The van der Waals surface area contributed by atoms with Gasteiger partial charge in [-0.05, 0) is 68.7 Å². The number of benzene rings is 1. The number of amides is 2. The normalized spacial score (nSPS) is 23.8. The molecule has 3 saturated heterocycles. The molecule has 3 atom stereocenters. The summed E-state index contributed by atoms with van der Waals surface area (Å²) in [5, 5.41) is 8.36. The average Bonchev–Trinajstić information content (AvgIpc) is 3.55. The second-order valence-corrected chi connectivity index (χ2v) is 11.4. The third-order valence-electron chi connectivity index (χ3n) is 8.39. The standard InChI is InChI=1S/C30H33ClFN5O4/c1-40-27-14-23(24(32)17-33-27)26-15-25(35-37(26)28-7-2-3-10-41-28)30(39)36-21-8-9-22(36)13-19(12-21)29(38)34-16-18-5-4-6-20(31)11-18/h4-6,11,14-15,17,19,21-22,28H,2-3,7-10,12-13,16H2,1H3,(H,34,38). The predicted octanol–water partition coefficient (Wildman–Crippen LogP) is 5.14. The molecule has 1 aromatic carbocycles. The fraction of sp³-hybridized carbons (Fsp3) is 0.467. The first-order valence-corrected chi connectivity index (χ1v) is 14.5. The van der Waals surface area contributed by atoms with E-state index >= 15 is 4.39 Å². The van der Waals surface area contributed by atoms with Crippen molar-refractivity contribution in [3.05, 3.63) is 64.7 Å². The zero-order valence-electron chi connectivity index (χ0n) is 22.9. The summed E-state index contributed by atoms with van der Waals surface area (Å²) < 4.78 is 27.8. The van der Waals surface area contributed by atoms with Crippen LogP contribution in [0.4, 0.5) is 4.39 Å². The van der Waals surface area contributed by atoms with E-state index in [-0.39, 0.29) is 47.0 Å². The molecule has 0 spiro atoms. The third kappa shape index (κ3) is 5.67. The maximum Gasteiger partial charge on any atom is 0.274 e. The first kappa shape index (κ1) is 27.7. The third-order valence-corrected chi connectivity index (χ3v) is 8.63. The quantitative estimate of drug-likeness (QED) is 0.415. The van der Waals surface area contributed by atoms with Gasteiger partial charge in [-0.1, -0.05) is 23.7 Å². The van der Waals surface area contributed by atoms with Gasteiger partial charge in [-0.3, -0.25) is 9.59 Å². The molecule has 0 saturated carbocycles. The van der Waals surface area contributed by atoms with Crippen molar-refractivity contribution in [1.82, 2.24) is 25.0 Å². The molecule has 2 aromatic heterocycles. The molecule has 0 radical (unpaired) electrons. The molecule has 3 aromatic rings. The maximum atomic E-state index is 15.0. The lowest BCUT2D eigenvalue weighted by Gasteiger charge is -2.38. The van der Waals surface area contributed by atoms with E-state index in [1.54, 1.807) is 16.8 Å². The van der Waals surface area contributed by atoms with E-state index in [1.807, 2.05) is 23.1 Å². The van der Waals surface area contributed by atoms with Gasteiger partial charge in [-0.2, -0.15) is 5.10 Å². The zero-order valence-corrected chi connectivity index (χ0v) is 23.6. The zero-order chi connectivity index (χ0) is 28.5. The second kappa shape index (κ2) is 11.8. The Bertz CT molecular complexity index is 1430. The Morgan fingerprint density at radius 1 is 1.15 bits per heavy atom. The smallest absolute Gasteiger partial charge is 0.274 e. The minimum absolute atomic E-state index is 0.00269. The number of methoxy groups -OCH3 is 1. The summed E-state index contributed by atoms with van der Waals surface area (Å²) in [5.41, 5.74) is 1.87. The molecule has 2 bridgehead atoms. The first-order valence-electron chi connectivity index (χ1n) is 14.2. The summed E-state index contributed by atoms with van der Waals surface area (Å²) >= 11 is 6.07. The van der Waals surface area contributed by atoms with Crippen molar-refractivity contribution in [3.63, 3.8) is 0 Å². The summed E-state index contributed by atoms with van der Waals surface area (Å²) in [7, 11) is 1.47. The van der Waals surface area contributed by atoms with Gasteiger partial charge in [0.15, 0.2) is 17.7 Å². The summed E-state index contributed by atoms with van der Waals surface area (Å²) in [6.45, 7) is 0.986. The highest BCUT2D eigenvalue weighted by molar-refractivity contribution is 6.30. The highest BCUT2D eigenvalue weighted by Crippen LogP contribution is 2.40. The number of nitrogens with one attached hydrogen (secondary N) is 1. The number of aromatic nitrogens is 3. The van der Waals surface area contributed by atoms with Gasteiger partial charge >= 0.3 is 0 Å². The van der Waals surface area contributed by atoms with Crippen LogP contribution in [0.1, 0.15) is 67.2 Å². The van der Waals surface area contributed by atoms with Crippen molar-refractivity contribution in [2.24, 2.45) is 5.92 Å². The van der Waals surface area contributed by atoms with Gasteiger partial charge in [0, 0.05) is 47.8 Å². The number of pyridine rings is 1. The summed E-state index contributed by atoms with van der Waals surface area (Å²) in [4.78, 5) is 32.8. The van der Waals surface area contributed by atoms with Crippen molar-refractivity contribution >= 4 is 23.4 Å². The van der Waals surface area contributed by atoms with E-state index in [0.717, 1.165) is 37.4 Å². The van der Waals surface area contributed by atoms with Crippen molar-refractivity contribution < 1.29 is 23.5 Å². The molecule has 11 heteroatoms. The van der Waals surface area contributed by atoms with Crippen LogP contribution in [0.15, 0.2) is 42.6 Å². The minimum Gasteiger partial charge on any atom is -0.481 e. The number of nitrogens with zero attached hydrogens (tertiary/aromatic N) is 4. The van der Waals surface area contributed by atoms with Crippen molar-refractivity contribution in [3.8, 4) is 17.1 Å². The Hall–Kier alpha value is -3.50. The minimum atomic E-state index is -0.536. The van der Waals surface area contributed by atoms with E-state index in [4.69, 9.17) is 21.1 Å². The molecular formula is C30H33ClFN5O4. The Kier molecular flexibility index (Phi) is 7.94. The summed E-state index contributed by atoms with van der Waals surface area (Å²) in [6, 6.07) is 10.5. The highest BCUT2D eigenvalue weighted by Gasteiger charge is 2.46. The van der Waals surface area contributed by atoms with Crippen molar-refractivity contribution in [2.75, 3.05) is 13.7 Å². The van der Waals surface area contributed by atoms with Gasteiger partial charge in [0.1, 0.15) is 0 Å². The summed E-state index contributed by atoms with van der Waals surface area (Å²) in [6.07, 6.45) is 6.19. The topological polar surface area (TPSA) is 98.6 Å². The van der Waals surface area contributed by atoms with Crippen LogP contribution in [0.25, 0.3) is 11.3 Å². The van der Waals surface area contributed by atoms with Crippen LogP contribution in [0.2, 0.25) is 5.02 Å². The van der Waals surface area contributed by atoms with Crippen molar-refractivity contribution in [2.45, 2.75) is 69.8 Å². The Balaban J connectivity index is 1.21. The molecule has 2 amide bonds. The SMILES string of the molecule is COc1cc(-c2cc(C(=O)N3C4CCC3CC(C(=O)NCc3cccc(Cl)c3)C4)nn2C2CCCCO2)c(F)cn1. The number of carbonyl (C=O) groups excluding carboxylic acids is 2. The predicted molar refractivity (Wildman–Crippen MR) is 150 cm³/mol. The Labute approximate surface area is 243 Å². The molecule has 3 aliphatic rings. The van der Waals surface area contributed by atoms with Crippen molar-refractivity contribution in [1.29, 1.82) is 0 Å². The average molecular weight is 582 g/mol. The number of carbonyl (C=O) groups is 2. The molecule has 5 heterocycles. The van der Waals surface area contributed by atoms with Gasteiger partial charge < -0.3 is 19.7 Å². The van der Waals surface area contributed by atoms with Gasteiger partial charge in [-0.25, -0.2) is 14.1 Å². The Morgan fingerprint density at radius 3 is 2.66 bits per heavy atom. The molecule has 6 rings (SSSR count). The van der Waals surface area contributed by atoms with Crippen LogP contribution >= 0.6 is 11.6 Å². The van der Waals surface area contributed by atoms with E-state index in [9.17, 15) is 9.59 Å². The lowest BCUT2D eigenvalue weighted by molar-refractivity contribution is -0.127. The molecule has 9 nitrogen and oxygen atoms in total. The van der Waals surface area contributed by atoms with Crippen LogP contribution in [-0.2, 0) is 16.1 Å². The number of halogens is 2.